The van der Waals surface area contributed by atoms with Crippen LogP contribution in [0.15, 0.2) is 43.0 Å². The van der Waals surface area contributed by atoms with Crippen LogP contribution < -0.4 is 0 Å². The molecule has 4 heterocycles. The fourth-order valence-electron chi connectivity index (χ4n) is 4.50. The fourth-order valence-corrected chi connectivity index (χ4v) is 4.50. The molecular formula is C20H24N2O. The zero-order chi connectivity index (χ0) is 16.0. The summed E-state index contributed by atoms with van der Waals surface area (Å²) in [4.78, 5) is 7.06. The summed E-state index contributed by atoms with van der Waals surface area (Å²) in [6.07, 6.45) is 3.95. The number of fused-ring (bicyclic) bond motifs is 4. The number of aliphatic hydroxyl groups excluding tert-OH is 1. The first kappa shape index (κ1) is 14.9. The highest BCUT2D eigenvalue weighted by molar-refractivity contribution is 5.82. The van der Waals surface area contributed by atoms with E-state index in [1.165, 1.54) is 6.42 Å². The van der Waals surface area contributed by atoms with Gasteiger partial charge in [0.05, 0.1) is 11.6 Å². The SMILES string of the molecule is C=CC1CN2CCC1C[C@@H]2[C@H](O)c1cc(C)nc2ccccc12. The molecule has 0 saturated carbocycles. The Morgan fingerprint density at radius 1 is 1.39 bits per heavy atom. The summed E-state index contributed by atoms with van der Waals surface area (Å²) in [7, 11) is 0. The van der Waals surface area contributed by atoms with E-state index in [-0.39, 0.29) is 6.04 Å². The second-order valence-electron chi connectivity index (χ2n) is 7.06. The molecule has 2 aromatic rings. The second kappa shape index (κ2) is 5.73. The Labute approximate surface area is 137 Å². The van der Waals surface area contributed by atoms with Crippen LogP contribution in [0, 0.1) is 18.8 Å². The van der Waals surface area contributed by atoms with E-state index in [0.29, 0.717) is 11.8 Å². The molecule has 3 nitrogen and oxygen atoms in total. The van der Waals surface area contributed by atoms with Crippen LogP contribution in [0.25, 0.3) is 10.9 Å². The van der Waals surface area contributed by atoms with Crippen LogP contribution in [0.5, 0.6) is 0 Å². The maximum Gasteiger partial charge on any atom is 0.0952 e. The third kappa shape index (κ3) is 2.48. The molecule has 120 valence electrons. The molecule has 3 unspecified atom stereocenters. The van der Waals surface area contributed by atoms with Crippen molar-refractivity contribution in [3.8, 4) is 0 Å². The number of nitrogens with zero attached hydrogens (tertiary/aromatic N) is 2. The number of hydrogen-bond acceptors (Lipinski definition) is 3. The predicted octanol–water partition coefficient (Wildman–Crippen LogP) is 3.47. The summed E-state index contributed by atoms with van der Waals surface area (Å²) < 4.78 is 0. The number of aryl methyl sites for hydroxylation is 1. The lowest BCUT2D eigenvalue weighted by Gasteiger charge is -2.50. The number of piperidine rings is 3. The number of aliphatic hydroxyl groups is 1. The molecule has 3 heteroatoms. The maximum atomic E-state index is 11.2. The van der Waals surface area contributed by atoms with Gasteiger partial charge in [-0.25, -0.2) is 0 Å². The molecule has 3 saturated heterocycles. The Morgan fingerprint density at radius 3 is 2.96 bits per heavy atom. The lowest BCUT2D eigenvalue weighted by Crippen LogP contribution is -2.54. The van der Waals surface area contributed by atoms with Crippen LogP contribution in [0.2, 0.25) is 0 Å². The van der Waals surface area contributed by atoms with Gasteiger partial charge in [-0.2, -0.15) is 0 Å². The van der Waals surface area contributed by atoms with Gasteiger partial charge < -0.3 is 5.11 Å². The van der Waals surface area contributed by atoms with Gasteiger partial charge in [-0.05, 0) is 55.8 Å². The molecule has 5 atom stereocenters. The van der Waals surface area contributed by atoms with E-state index in [1.54, 1.807) is 0 Å². The van der Waals surface area contributed by atoms with Crippen molar-refractivity contribution >= 4 is 10.9 Å². The number of para-hydroxylation sites is 1. The maximum absolute atomic E-state index is 11.2. The third-order valence-electron chi connectivity index (χ3n) is 5.71. The molecule has 5 rings (SSSR count). The molecule has 1 N–H and O–H groups in total. The molecule has 23 heavy (non-hydrogen) atoms. The van der Waals surface area contributed by atoms with E-state index in [0.717, 1.165) is 41.7 Å². The van der Waals surface area contributed by atoms with Crippen molar-refractivity contribution in [2.24, 2.45) is 11.8 Å². The Balaban J connectivity index is 1.70. The molecule has 1 aromatic heterocycles. The molecule has 0 radical (unpaired) electrons. The van der Waals surface area contributed by atoms with Crippen LogP contribution >= 0.6 is 0 Å². The van der Waals surface area contributed by atoms with E-state index in [4.69, 9.17) is 0 Å². The van der Waals surface area contributed by atoms with Crippen molar-refractivity contribution in [3.63, 3.8) is 0 Å². The van der Waals surface area contributed by atoms with Gasteiger partial charge in [-0.15, -0.1) is 6.58 Å². The largest absolute Gasteiger partial charge is 0.387 e. The van der Waals surface area contributed by atoms with Gasteiger partial charge in [0.15, 0.2) is 0 Å². The quantitative estimate of drug-likeness (QED) is 0.882. The molecular weight excluding hydrogens is 284 g/mol. The first-order chi connectivity index (χ1) is 11.2. The van der Waals surface area contributed by atoms with Crippen molar-refractivity contribution < 1.29 is 5.11 Å². The molecule has 0 aliphatic carbocycles. The highest BCUT2D eigenvalue weighted by atomic mass is 16.3. The highest BCUT2D eigenvalue weighted by Crippen LogP contribution is 2.42. The van der Waals surface area contributed by atoms with E-state index in [9.17, 15) is 5.11 Å². The van der Waals surface area contributed by atoms with Gasteiger partial charge in [-0.1, -0.05) is 24.3 Å². The van der Waals surface area contributed by atoms with Crippen molar-refractivity contribution in [2.45, 2.75) is 31.9 Å². The Bertz CT molecular complexity index is 741. The Morgan fingerprint density at radius 2 is 2.22 bits per heavy atom. The van der Waals surface area contributed by atoms with Crippen LogP contribution in [-0.4, -0.2) is 34.1 Å². The number of pyridine rings is 1. The summed E-state index contributed by atoms with van der Waals surface area (Å²) in [6.45, 7) is 8.13. The van der Waals surface area contributed by atoms with Gasteiger partial charge >= 0.3 is 0 Å². The van der Waals surface area contributed by atoms with Gasteiger partial charge in [-0.3, -0.25) is 9.88 Å². The van der Waals surface area contributed by atoms with E-state index in [1.807, 2.05) is 25.1 Å². The van der Waals surface area contributed by atoms with Gasteiger partial charge in [0.1, 0.15) is 0 Å². The average molecular weight is 308 g/mol. The van der Waals surface area contributed by atoms with Gasteiger partial charge in [0.2, 0.25) is 0 Å². The summed E-state index contributed by atoms with van der Waals surface area (Å²) in [5.74, 6) is 1.26. The average Bonchev–Trinajstić information content (AvgIpc) is 2.60. The molecule has 3 fully saturated rings. The number of benzene rings is 1. The topological polar surface area (TPSA) is 36.4 Å². The summed E-state index contributed by atoms with van der Waals surface area (Å²) >= 11 is 0. The van der Waals surface area contributed by atoms with Gasteiger partial charge in [0, 0.05) is 23.7 Å². The Hall–Kier alpha value is -1.71. The number of aromatic nitrogens is 1. The van der Waals surface area contributed by atoms with Crippen LogP contribution in [0.4, 0.5) is 0 Å². The summed E-state index contributed by atoms with van der Waals surface area (Å²) in [5.41, 5.74) is 2.97. The molecule has 3 aliphatic rings. The normalized spacial score (nSPS) is 31.2. The highest BCUT2D eigenvalue weighted by Gasteiger charge is 2.42. The molecule has 1 aromatic carbocycles. The lowest BCUT2D eigenvalue weighted by molar-refractivity contribution is -0.0445. The van der Waals surface area contributed by atoms with Crippen molar-refractivity contribution in [2.75, 3.05) is 13.1 Å². The fraction of sp³-hybridized carbons (Fsp3) is 0.450. The van der Waals surface area contributed by atoms with E-state index in [2.05, 4.69) is 34.7 Å². The van der Waals surface area contributed by atoms with Crippen molar-refractivity contribution in [3.05, 3.63) is 54.2 Å². The van der Waals surface area contributed by atoms with Crippen LogP contribution in [0.1, 0.15) is 30.2 Å². The standard InChI is InChI=1S/C20H24N2O/c1-3-14-12-22-9-8-15(14)11-19(22)20(23)17-10-13(2)21-18-7-5-4-6-16(17)18/h3-7,10,14-15,19-20,23H,1,8-9,11-12H2,2H3/t14?,15?,19-,20-/m1/s1. The Kier molecular flexibility index (Phi) is 3.70. The van der Waals surface area contributed by atoms with Crippen LogP contribution in [-0.2, 0) is 0 Å². The molecule has 2 bridgehead atoms. The summed E-state index contributed by atoms with van der Waals surface area (Å²) in [6, 6.07) is 10.4. The lowest BCUT2D eigenvalue weighted by atomic mass is 9.73. The minimum atomic E-state index is -0.449. The van der Waals surface area contributed by atoms with Crippen molar-refractivity contribution in [1.29, 1.82) is 0 Å². The molecule has 0 amide bonds. The molecule has 0 spiro atoms. The zero-order valence-corrected chi connectivity index (χ0v) is 13.7. The first-order valence-electron chi connectivity index (χ1n) is 8.58. The van der Waals surface area contributed by atoms with Crippen LogP contribution in [0.3, 0.4) is 0 Å². The number of rotatable bonds is 3. The first-order valence-corrected chi connectivity index (χ1v) is 8.58. The minimum Gasteiger partial charge on any atom is -0.387 e. The molecule has 3 aliphatic heterocycles. The monoisotopic (exact) mass is 308 g/mol. The van der Waals surface area contributed by atoms with Crippen molar-refractivity contribution in [1.82, 2.24) is 9.88 Å². The third-order valence-corrected chi connectivity index (χ3v) is 5.71. The zero-order valence-electron chi connectivity index (χ0n) is 13.7. The van der Waals surface area contributed by atoms with E-state index < -0.39 is 6.10 Å². The smallest absolute Gasteiger partial charge is 0.0952 e. The second-order valence-corrected chi connectivity index (χ2v) is 7.06. The predicted molar refractivity (Wildman–Crippen MR) is 93.2 cm³/mol. The number of hydrogen-bond donors (Lipinski definition) is 1. The van der Waals surface area contributed by atoms with Gasteiger partial charge in [0.25, 0.3) is 0 Å². The van der Waals surface area contributed by atoms with E-state index >= 15 is 0 Å². The summed E-state index contributed by atoms with van der Waals surface area (Å²) in [5, 5.41) is 12.2. The minimum absolute atomic E-state index is 0.218.